The van der Waals surface area contributed by atoms with Crippen LogP contribution in [0.1, 0.15) is 29.0 Å². The molecule has 0 bridgehead atoms. The number of nitrogens with zero attached hydrogens (tertiary/aromatic N) is 6. The van der Waals surface area contributed by atoms with Crippen LogP contribution in [0.3, 0.4) is 0 Å². The van der Waals surface area contributed by atoms with Gasteiger partial charge in [-0.05, 0) is 55.3 Å². The number of benzene rings is 2. The van der Waals surface area contributed by atoms with Crippen LogP contribution in [0.25, 0.3) is 32.7 Å². The SMILES string of the molecule is Cn1cc(/C(=N/Nc2nc(-c3ccc(F)cc3)c(C#N)s2)C(F)(F)F)c2cc(-c3nc(CN4CCC(O)CC4)cs3)ccc21. The topological polar surface area (TPSA) is 102 Å². The number of rotatable bonds is 7. The van der Waals surface area contributed by atoms with Gasteiger partial charge in [-0.15, -0.1) is 11.3 Å². The standard InChI is InChI=1S/C30H25F4N7OS2/c1-40-15-23(22-12-18(4-7-24(22)40)28-36-20(16-43-28)14-41-10-8-21(42)9-11-41)27(30(32,33)34)38-39-29-37-26(25(13-35)44-29)17-2-5-19(31)6-3-17/h2-7,12,15-16,21,42H,8-11,14H2,1H3,(H,37,39)/b38-27-. The minimum atomic E-state index is -4.82. The number of fused-ring (bicyclic) bond motifs is 1. The fourth-order valence-corrected chi connectivity index (χ4v) is 6.70. The van der Waals surface area contributed by atoms with Crippen LogP contribution in [0, 0.1) is 17.1 Å². The van der Waals surface area contributed by atoms with Gasteiger partial charge in [0, 0.05) is 65.9 Å². The Morgan fingerprint density at radius 2 is 1.86 bits per heavy atom. The minimum absolute atomic E-state index is 0.0120. The van der Waals surface area contributed by atoms with E-state index in [1.54, 1.807) is 23.7 Å². The first-order valence-corrected chi connectivity index (χ1v) is 15.3. The molecule has 1 aliphatic heterocycles. The Kier molecular flexibility index (Phi) is 8.21. The number of thiazole rings is 2. The molecule has 0 atom stereocenters. The summed E-state index contributed by atoms with van der Waals surface area (Å²) in [5, 5.41) is 26.0. The van der Waals surface area contributed by atoms with Crippen LogP contribution in [0.15, 0.2) is 59.1 Å². The Morgan fingerprint density at radius 3 is 2.57 bits per heavy atom. The predicted octanol–water partition coefficient (Wildman–Crippen LogP) is 6.77. The summed E-state index contributed by atoms with van der Waals surface area (Å²) in [6.07, 6.45) is -2.25. The van der Waals surface area contributed by atoms with Crippen LogP contribution < -0.4 is 5.43 Å². The monoisotopic (exact) mass is 639 g/mol. The molecule has 5 aromatic rings. The van der Waals surface area contributed by atoms with Crippen molar-refractivity contribution in [3.8, 4) is 27.9 Å². The van der Waals surface area contributed by atoms with Crippen molar-refractivity contribution < 1.29 is 22.7 Å². The van der Waals surface area contributed by atoms with Crippen LogP contribution in [-0.2, 0) is 13.6 Å². The molecule has 0 saturated carbocycles. The van der Waals surface area contributed by atoms with E-state index >= 15 is 0 Å². The molecule has 1 fully saturated rings. The van der Waals surface area contributed by atoms with Gasteiger partial charge in [0.1, 0.15) is 27.5 Å². The van der Waals surface area contributed by atoms with Crippen molar-refractivity contribution in [3.05, 3.63) is 76.0 Å². The fourth-order valence-electron chi connectivity index (χ4n) is 5.16. The van der Waals surface area contributed by atoms with E-state index in [9.17, 15) is 27.9 Å². The van der Waals surface area contributed by atoms with Gasteiger partial charge in [-0.1, -0.05) is 11.3 Å². The number of anilines is 1. The second-order valence-electron chi connectivity index (χ2n) is 10.4. The number of hydrogen-bond acceptors (Lipinski definition) is 9. The molecule has 6 rings (SSSR count). The highest BCUT2D eigenvalue weighted by molar-refractivity contribution is 7.16. The highest BCUT2D eigenvalue weighted by atomic mass is 32.1. The number of alkyl halides is 3. The van der Waals surface area contributed by atoms with Crippen molar-refractivity contribution in [1.82, 2.24) is 19.4 Å². The summed E-state index contributed by atoms with van der Waals surface area (Å²) < 4.78 is 58.4. The maximum absolute atomic E-state index is 14.5. The molecule has 4 heterocycles. The third-order valence-electron chi connectivity index (χ3n) is 7.36. The molecule has 0 radical (unpaired) electrons. The van der Waals surface area contributed by atoms with Gasteiger partial charge in [-0.3, -0.25) is 10.3 Å². The Bertz CT molecular complexity index is 1880. The predicted molar refractivity (Wildman–Crippen MR) is 163 cm³/mol. The van der Waals surface area contributed by atoms with E-state index in [-0.39, 0.29) is 27.4 Å². The van der Waals surface area contributed by atoms with E-state index in [2.05, 4.69) is 20.4 Å². The van der Waals surface area contributed by atoms with E-state index in [1.807, 2.05) is 17.5 Å². The molecule has 0 unspecified atom stereocenters. The highest BCUT2D eigenvalue weighted by Crippen LogP contribution is 2.35. The Hall–Kier alpha value is -4.16. The second-order valence-corrected chi connectivity index (χ2v) is 12.3. The molecule has 2 aromatic carbocycles. The first kappa shape index (κ1) is 29.9. The number of piperidine rings is 1. The molecule has 0 aliphatic carbocycles. The molecule has 226 valence electrons. The van der Waals surface area contributed by atoms with Crippen LogP contribution in [0.2, 0.25) is 0 Å². The maximum atomic E-state index is 14.5. The molecule has 14 heteroatoms. The van der Waals surface area contributed by atoms with Crippen molar-refractivity contribution >= 4 is 44.4 Å². The van der Waals surface area contributed by atoms with E-state index in [0.717, 1.165) is 43.0 Å². The average molecular weight is 640 g/mol. The number of aromatic nitrogens is 3. The molecular formula is C30H25F4N7OS2. The third-order valence-corrected chi connectivity index (χ3v) is 9.17. The summed E-state index contributed by atoms with van der Waals surface area (Å²) in [4.78, 5) is 11.4. The summed E-state index contributed by atoms with van der Waals surface area (Å²) in [5.41, 5.74) is 3.95. The highest BCUT2D eigenvalue weighted by Gasteiger charge is 2.39. The van der Waals surface area contributed by atoms with Crippen molar-refractivity contribution in [1.29, 1.82) is 5.26 Å². The Balaban J connectivity index is 1.31. The number of aliphatic hydroxyl groups excluding tert-OH is 1. The quantitative estimate of drug-likeness (QED) is 0.116. The van der Waals surface area contributed by atoms with Gasteiger partial charge in [-0.2, -0.15) is 23.5 Å². The lowest BCUT2D eigenvalue weighted by Gasteiger charge is -2.28. The van der Waals surface area contributed by atoms with Gasteiger partial charge >= 0.3 is 6.18 Å². The van der Waals surface area contributed by atoms with Crippen molar-refractivity contribution in [2.75, 3.05) is 18.5 Å². The average Bonchev–Trinajstić information content (AvgIpc) is 3.72. The third kappa shape index (κ3) is 6.22. The van der Waals surface area contributed by atoms with E-state index in [0.29, 0.717) is 33.6 Å². The number of nitriles is 1. The Labute approximate surface area is 257 Å². The zero-order valence-corrected chi connectivity index (χ0v) is 24.9. The zero-order chi connectivity index (χ0) is 31.0. The smallest absolute Gasteiger partial charge is 0.393 e. The lowest BCUT2D eigenvalue weighted by molar-refractivity contribution is -0.0580. The van der Waals surface area contributed by atoms with E-state index < -0.39 is 17.7 Å². The number of hydrazone groups is 1. The number of hydrogen-bond donors (Lipinski definition) is 2. The van der Waals surface area contributed by atoms with Crippen molar-refractivity contribution in [2.24, 2.45) is 12.1 Å². The largest absolute Gasteiger partial charge is 0.435 e. The molecule has 44 heavy (non-hydrogen) atoms. The Morgan fingerprint density at radius 1 is 1.14 bits per heavy atom. The second kappa shape index (κ2) is 12.1. The molecule has 0 amide bonds. The van der Waals surface area contributed by atoms with E-state index in [4.69, 9.17) is 4.98 Å². The van der Waals surface area contributed by atoms with Gasteiger partial charge in [-0.25, -0.2) is 14.4 Å². The summed E-state index contributed by atoms with van der Waals surface area (Å²) in [5.74, 6) is -0.465. The number of likely N-dealkylation sites (tertiary alicyclic amines) is 1. The van der Waals surface area contributed by atoms with Crippen LogP contribution in [-0.4, -0.2) is 55.6 Å². The minimum Gasteiger partial charge on any atom is -0.393 e. The zero-order valence-electron chi connectivity index (χ0n) is 23.3. The molecule has 8 nitrogen and oxygen atoms in total. The number of aryl methyl sites for hydroxylation is 1. The molecular weight excluding hydrogens is 615 g/mol. The van der Waals surface area contributed by atoms with Crippen LogP contribution in [0.4, 0.5) is 22.7 Å². The maximum Gasteiger partial charge on any atom is 0.435 e. The molecule has 3 aromatic heterocycles. The summed E-state index contributed by atoms with van der Waals surface area (Å²) in [6, 6.07) is 12.6. The molecule has 1 saturated heterocycles. The molecule has 2 N–H and O–H groups in total. The first-order chi connectivity index (χ1) is 21.1. The number of nitrogens with one attached hydrogen (secondary N) is 1. The molecule has 0 spiro atoms. The van der Waals surface area contributed by atoms with Gasteiger partial charge in [0.15, 0.2) is 5.71 Å². The number of halogens is 4. The summed E-state index contributed by atoms with van der Waals surface area (Å²) >= 11 is 2.28. The van der Waals surface area contributed by atoms with Gasteiger partial charge in [0.25, 0.3) is 0 Å². The number of aliphatic hydroxyl groups is 1. The fraction of sp³-hybridized carbons (Fsp3) is 0.267. The van der Waals surface area contributed by atoms with Gasteiger partial charge < -0.3 is 9.67 Å². The van der Waals surface area contributed by atoms with Gasteiger partial charge in [0.2, 0.25) is 5.13 Å². The van der Waals surface area contributed by atoms with Crippen LogP contribution >= 0.6 is 22.7 Å². The summed E-state index contributed by atoms with van der Waals surface area (Å²) in [6.45, 7) is 2.21. The van der Waals surface area contributed by atoms with Crippen molar-refractivity contribution in [2.45, 2.75) is 31.7 Å². The van der Waals surface area contributed by atoms with E-state index in [1.165, 1.54) is 41.8 Å². The lowest BCUT2D eigenvalue weighted by Crippen LogP contribution is -2.35. The first-order valence-electron chi connectivity index (χ1n) is 13.6. The normalized spacial score (nSPS) is 15.2. The van der Waals surface area contributed by atoms with Gasteiger partial charge in [0.05, 0.1) is 11.8 Å². The van der Waals surface area contributed by atoms with Crippen molar-refractivity contribution in [3.63, 3.8) is 0 Å². The van der Waals surface area contributed by atoms with Crippen LogP contribution in [0.5, 0.6) is 0 Å². The molecule has 1 aliphatic rings. The lowest BCUT2D eigenvalue weighted by atomic mass is 10.1. The summed E-state index contributed by atoms with van der Waals surface area (Å²) in [7, 11) is 1.67.